The lowest BCUT2D eigenvalue weighted by atomic mass is 10.2. The van der Waals surface area contributed by atoms with Gasteiger partial charge in [0, 0.05) is 32.6 Å². The molecule has 1 aromatic carbocycles. The van der Waals surface area contributed by atoms with E-state index < -0.39 is 0 Å². The second-order valence-electron chi connectivity index (χ2n) is 3.95. The van der Waals surface area contributed by atoms with Gasteiger partial charge < -0.3 is 20.7 Å². The monoisotopic (exact) mass is 265 g/mol. The van der Waals surface area contributed by atoms with Crippen LogP contribution in [0.3, 0.4) is 0 Å². The number of hydrogen-bond donors (Lipinski definition) is 3. The van der Waals surface area contributed by atoms with Crippen molar-refractivity contribution in [1.82, 2.24) is 5.32 Å². The highest BCUT2D eigenvalue weighted by Gasteiger charge is 2.06. The summed E-state index contributed by atoms with van der Waals surface area (Å²) < 4.78 is 5.21. The van der Waals surface area contributed by atoms with E-state index in [0.717, 1.165) is 5.69 Å². The Bertz CT molecular complexity index is 460. The Kier molecular flexibility index (Phi) is 5.66. The van der Waals surface area contributed by atoms with E-state index in [1.54, 1.807) is 32.4 Å². The fraction of sp³-hybridized carbons (Fsp3) is 0.385. The maximum absolute atomic E-state index is 11.1. The van der Waals surface area contributed by atoms with E-state index in [4.69, 9.17) is 4.74 Å². The van der Waals surface area contributed by atoms with Gasteiger partial charge in [-0.1, -0.05) is 0 Å². The number of methoxy groups -OCH3 is 1. The zero-order valence-electron chi connectivity index (χ0n) is 11.4. The number of hydrogen-bond acceptors (Lipinski definition) is 4. The smallest absolute Gasteiger partial charge is 0.221 e. The van der Waals surface area contributed by atoms with Crippen LogP contribution in [-0.4, -0.2) is 32.5 Å². The normalized spacial score (nSPS) is 9.63. The van der Waals surface area contributed by atoms with E-state index in [2.05, 4.69) is 16.0 Å². The van der Waals surface area contributed by atoms with Crippen molar-refractivity contribution in [2.24, 2.45) is 0 Å². The number of amides is 2. The Hall–Kier alpha value is -2.24. The lowest BCUT2D eigenvalue weighted by Crippen LogP contribution is -2.21. The summed E-state index contributed by atoms with van der Waals surface area (Å²) in [6, 6.07) is 5.28. The molecule has 3 N–H and O–H groups in total. The third kappa shape index (κ3) is 4.87. The lowest BCUT2D eigenvalue weighted by molar-refractivity contribution is -0.120. The van der Waals surface area contributed by atoms with Crippen LogP contribution in [-0.2, 0) is 9.59 Å². The van der Waals surface area contributed by atoms with Crippen LogP contribution < -0.4 is 20.7 Å². The molecular formula is C13H19N3O3. The molecule has 0 bridgehead atoms. The summed E-state index contributed by atoms with van der Waals surface area (Å²) in [5, 5.41) is 8.35. The molecule has 0 aliphatic rings. The van der Waals surface area contributed by atoms with E-state index in [0.29, 0.717) is 24.4 Å². The predicted octanol–water partition coefficient (Wildman–Crippen LogP) is 1.20. The SMILES string of the molecule is CNC(=O)CCNc1cc(NC(C)=O)ccc1OC. The predicted molar refractivity (Wildman–Crippen MR) is 74.5 cm³/mol. The topological polar surface area (TPSA) is 79.5 Å². The van der Waals surface area contributed by atoms with Crippen molar-refractivity contribution in [3.63, 3.8) is 0 Å². The molecule has 6 nitrogen and oxygen atoms in total. The van der Waals surface area contributed by atoms with E-state index >= 15 is 0 Å². The molecule has 0 atom stereocenters. The Morgan fingerprint density at radius 2 is 2.05 bits per heavy atom. The summed E-state index contributed by atoms with van der Waals surface area (Å²) >= 11 is 0. The Labute approximate surface area is 112 Å². The first-order valence-electron chi connectivity index (χ1n) is 5.97. The highest BCUT2D eigenvalue weighted by Crippen LogP contribution is 2.27. The molecule has 19 heavy (non-hydrogen) atoms. The van der Waals surface area contributed by atoms with Gasteiger partial charge in [-0.05, 0) is 18.2 Å². The first kappa shape index (κ1) is 14.8. The van der Waals surface area contributed by atoms with Gasteiger partial charge in [0.05, 0.1) is 12.8 Å². The lowest BCUT2D eigenvalue weighted by Gasteiger charge is -2.13. The molecule has 0 spiro atoms. The molecule has 104 valence electrons. The first-order chi connectivity index (χ1) is 9.06. The van der Waals surface area contributed by atoms with E-state index in [-0.39, 0.29) is 11.8 Å². The molecule has 0 unspecified atom stereocenters. The van der Waals surface area contributed by atoms with Crippen LogP contribution in [0.4, 0.5) is 11.4 Å². The van der Waals surface area contributed by atoms with Crippen molar-refractivity contribution in [3.8, 4) is 5.75 Å². The summed E-state index contributed by atoms with van der Waals surface area (Å²) in [6.07, 6.45) is 0.365. The average Bonchev–Trinajstić information content (AvgIpc) is 2.38. The molecule has 6 heteroatoms. The van der Waals surface area contributed by atoms with Crippen LogP contribution >= 0.6 is 0 Å². The third-order valence-electron chi connectivity index (χ3n) is 2.47. The number of anilines is 2. The second kappa shape index (κ2) is 7.25. The van der Waals surface area contributed by atoms with E-state index in [1.165, 1.54) is 6.92 Å². The highest BCUT2D eigenvalue weighted by atomic mass is 16.5. The van der Waals surface area contributed by atoms with Gasteiger partial charge in [0.15, 0.2) is 0 Å². The van der Waals surface area contributed by atoms with Crippen LogP contribution in [0, 0.1) is 0 Å². The summed E-state index contributed by atoms with van der Waals surface area (Å²) in [4.78, 5) is 22.1. The molecule has 0 saturated carbocycles. The average molecular weight is 265 g/mol. The maximum atomic E-state index is 11.1. The van der Waals surface area contributed by atoms with Gasteiger partial charge in [-0.2, -0.15) is 0 Å². The molecule has 0 saturated heterocycles. The van der Waals surface area contributed by atoms with E-state index in [1.807, 2.05) is 0 Å². The molecule has 0 aliphatic heterocycles. The third-order valence-corrected chi connectivity index (χ3v) is 2.47. The van der Waals surface area contributed by atoms with Crippen LogP contribution in [0.5, 0.6) is 5.75 Å². The molecule has 0 fully saturated rings. The first-order valence-corrected chi connectivity index (χ1v) is 5.97. The molecule has 0 heterocycles. The second-order valence-corrected chi connectivity index (χ2v) is 3.95. The Balaban J connectivity index is 2.72. The molecule has 1 aromatic rings. The van der Waals surface area contributed by atoms with Crippen molar-refractivity contribution >= 4 is 23.2 Å². The Morgan fingerprint density at radius 1 is 1.32 bits per heavy atom. The van der Waals surface area contributed by atoms with Crippen LogP contribution in [0.15, 0.2) is 18.2 Å². The number of carbonyl (C=O) groups excluding carboxylic acids is 2. The summed E-state index contributed by atoms with van der Waals surface area (Å²) in [5.41, 5.74) is 1.41. The number of rotatable bonds is 6. The van der Waals surface area contributed by atoms with Gasteiger partial charge in [-0.3, -0.25) is 9.59 Å². The molecule has 2 amide bonds. The van der Waals surface area contributed by atoms with Gasteiger partial charge in [0.25, 0.3) is 0 Å². The summed E-state index contributed by atoms with van der Waals surface area (Å²) in [7, 11) is 3.16. The van der Waals surface area contributed by atoms with Crippen molar-refractivity contribution in [3.05, 3.63) is 18.2 Å². The number of nitrogens with one attached hydrogen (secondary N) is 3. The maximum Gasteiger partial charge on any atom is 0.221 e. The minimum absolute atomic E-state index is 0.0375. The van der Waals surface area contributed by atoms with Crippen molar-refractivity contribution in [2.75, 3.05) is 31.3 Å². The van der Waals surface area contributed by atoms with Crippen molar-refractivity contribution in [1.29, 1.82) is 0 Å². The van der Waals surface area contributed by atoms with Crippen molar-refractivity contribution < 1.29 is 14.3 Å². The van der Waals surface area contributed by atoms with Gasteiger partial charge in [-0.15, -0.1) is 0 Å². The van der Waals surface area contributed by atoms with Gasteiger partial charge in [0.1, 0.15) is 5.75 Å². The van der Waals surface area contributed by atoms with Crippen LogP contribution in [0.2, 0.25) is 0 Å². The van der Waals surface area contributed by atoms with Crippen LogP contribution in [0.1, 0.15) is 13.3 Å². The largest absolute Gasteiger partial charge is 0.495 e. The highest BCUT2D eigenvalue weighted by molar-refractivity contribution is 5.89. The minimum atomic E-state index is -0.138. The van der Waals surface area contributed by atoms with Gasteiger partial charge in [-0.25, -0.2) is 0 Å². The number of carbonyl (C=O) groups is 2. The van der Waals surface area contributed by atoms with E-state index in [9.17, 15) is 9.59 Å². The fourth-order valence-corrected chi connectivity index (χ4v) is 1.56. The zero-order valence-corrected chi connectivity index (χ0v) is 11.4. The van der Waals surface area contributed by atoms with Crippen LogP contribution in [0.25, 0.3) is 0 Å². The molecule has 0 radical (unpaired) electrons. The Morgan fingerprint density at radius 3 is 2.63 bits per heavy atom. The molecule has 0 aromatic heterocycles. The summed E-state index contributed by atoms with van der Waals surface area (Å²) in [5.74, 6) is 0.483. The number of ether oxygens (including phenoxy) is 1. The molecule has 0 aliphatic carbocycles. The molecular weight excluding hydrogens is 246 g/mol. The van der Waals surface area contributed by atoms with Gasteiger partial charge >= 0.3 is 0 Å². The van der Waals surface area contributed by atoms with Crippen molar-refractivity contribution in [2.45, 2.75) is 13.3 Å². The summed E-state index contributed by atoms with van der Waals surface area (Å²) in [6.45, 7) is 1.93. The quantitative estimate of drug-likeness (QED) is 0.722. The molecule has 1 rings (SSSR count). The standard InChI is InChI=1S/C13H19N3O3/c1-9(17)16-10-4-5-12(19-3)11(8-10)15-7-6-13(18)14-2/h4-5,8,15H,6-7H2,1-3H3,(H,14,18)(H,16,17). The van der Waals surface area contributed by atoms with Gasteiger partial charge in [0.2, 0.25) is 11.8 Å². The zero-order chi connectivity index (χ0) is 14.3. The number of benzene rings is 1. The fourth-order valence-electron chi connectivity index (χ4n) is 1.56. The minimum Gasteiger partial charge on any atom is -0.495 e.